The Morgan fingerprint density at radius 2 is 2.00 bits per heavy atom. The van der Waals surface area contributed by atoms with Gasteiger partial charge in [-0.25, -0.2) is 4.79 Å². The number of Topliss-reactive ketones (excluding diaryl/α,β-unsaturated/α-hetero) is 1. The molecule has 0 unspecified atom stereocenters. The van der Waals surface area contributed by atoms with Crippen LogP contribution in [-0.4, -0.2) is 11.9 Å². The molecule has 0 saturated carbocycles. The van der Waals surface area contributed by atoms with Crippen LogP contribution in [0.1, 0.15) is 17.3 Å². The van der Waals surface area contributed by atoms with Crippen molar-refractivity contribution < 1.29 is 14.3 Å². The van der Waals surface area contributed by atoms with Gasteiger partial charge in [-0.15, -0.1) is 0 Å². The van der Waals surface area contributed by atoms with Crippen molar-refractivity contribution in [1.29, 1.82) is 0 Å². The highest BCUT2D eigenvalue weighted by Crippen LogP contribution is 2.21. The summed E-state index contributed by atoms with van der Waals surface area (Å²) in [5.74, 6) is -0.118. The second kappa shape index (κ2) is 3.78. The Bertz CT molecular complexity index is 388. The van der Waals surface area contributed by atoms with E-state index in [4.69, 9.17) is 11.5 Å². The molecular formula is C9H10N2O3. The van der Waals surface area contributed by atoms with Crippen LogP contribution in [0.3, 0.4) is 0 Å². The Balaban J connectivity index is 3.14. The Morgan fingerprint density at radius 1 is 1.36 bits per heavy atom. The molecular weight excluding hydrogens is 184 g/mol. The van der Waals surface area contributed by atoms with Gasteiger partial charge in [-0.1, -0.05) is 0 Å². The molecule has 1 aromatic carbocycles. The van der Waals surface area contributed by atoms with Gasteiger partial charge in [0, 0.05) is 5.69 Å². The normalized spacial score (nSPS) is 9.50. The summed E-state index contributed by atoms with van der Waals surface area (Å²) in [7, 11) is 0. The van der Waals surface area contributed by atoms with Gasteiger partial charge in [0.25, 0.3) is 0 Å². The molecule has 0 aliphatic rings. The Kier molecular flexibility index (Phi) is 2.71. The van der Waals surface area contributed by atoms with Gasteiger partial charge in [-0.3, -0.25) is 4.79 Å². The first kappa shape index (κ1) is 10.0. The summed E-state index contributed by atoms with van der Waals surface area (Å²) in [6.07, 6.45) is -0.961. The van der Waals surface area contributed by atoms with Crippen LogP contribution in [0, 0.1) is 0 Å². The summed E-state index contributed by atoms with van der Waals surface area (Å²) in [4.78, 5) is 21.6. The van der Waals surface area contributed by atoms with E-state index in [9.17, 15) is 9.59 Å². The number of hydrogen-bond acceptors (Lipinski definition) is 4. The van der Waals surface area contributed by atoms with Gasteiger partial charge in [-0.05, 0) is 25.1 Å². The van der Waals surface area contributed by atoms with Gasteiger partial charge in [0.2, 0.25) is 0 Å². The SMILES string of the molecule is CC(=O)c1cc(N)ccc1OC(N)=O. The lowest BCUT2D eigenvalue weighted by Gasteiger charge is -2.06. The van der Waals surface area contributed by atoms with Crippen LogP contribution < -0.4 is 16.2 Å². The molecule has 14 heavy (non-hydrogen) atoms. The summed E-state index contributed by atoms with van der Waals surface area (Å²) >= 11 is 0. The molecule has 1 aromatic rings. The predicted octanol–water partition coefficient (Wildman–Crippen LogP) is 0.929. The standard InChI is InChI=1S/C9H10N2O3/c1-5(12)7-4-6(10)2-3-8(7)14-9(11)13/h2-4H,10H2,1H3,(H2,11,13). The molecule has 0 radical (unpaired) electrons. The predicted molar refractivity (Wildman–Crippen MR) is 51.1 cm³/mol. The van der Waals surface area contributed by atoms with Crippen LogP contribution in [0.15, 0.2) is 18.2 Å². The van der Waals surface area contributed by atoms with Crippen molar-refractivity contribution in [2.45, 2.75) is 6.92 Å². The van der Waals surface area contributed by atoms with Crippen LogP contribution in [-0.2, 0) is 0 Å². The van der Waals surface area contributed by atoms with Crippen LogP contribution in [0.25, 0.3) is 0 Å². The van der Waals surface area contributed by atoms with Crippen molar-refractivity contribution in [3.8, 4) is 5.75 Å². The van der Waals surface area contributed by atoms with Gasteiger partial charge in [0.1, 0.15) is 5.75 Å². The molecule has 5 nitrogen and oxygen atoms in total. The number of ether oxygens (including phenoxy) is 1. The Morgan fingerprint density at radius 3 is 2.50 bits per heavy atom. The molecule has 0 heterocycles. The number of anilines is 1. The summed E-state index contributed by atoms with van der Waals surface area (Å²) in [6.45, 7) is 1.35. The maximum absolute atomic E-state index is 11.1. The van der Waals surface area contributed by atoms with Crippen LogP contribution >= 0.6 is 0 Å². The lowest BCUT2D eigenvalue weighted by Crippen LogP contribution is -2.17. The van der Waals surface area contributed by atoms with E-state index in [1.165, 1.54) is 25.1 Å². The molecule has 0 bridgehead atoms. The number of ketones is 1. The van der Waals surface area contributed by atoms with Gasteiger partial charge < -0.3 is 16.2 Å². The number of amides is 1. The van der Waals surface area contributed by atoms with Crippen molar-refractivity contribution in [3.05, 3.63) is 23.8 Å². The number of rotatable bonds is 2. The van der Waals surface area contributed by atoms with Crippen LogP contribution in [0.2, 0.25) is 0 Å². The average Bonchev–Trinajstić information content (AvgIpc) is 2.07. The summed E-state index contributed by atoms with van der Waals surface area (Å²) in [5.41, 5.74) is 11.0. The zero-order chi connectivity index (χ0) is 10.7. The van der Waals surface area contributed by atoms with Crippen molar-refractivity contribution in [3.63, 3.8) is 0 Å². The Hall–Kier alpha value is -2.04. The minimum absolute atomic E-state index is 0.124. The van der Waals surface area contributed by atoms with Crippen molar-refractivity contribution in [1.82, 2.24) is 0 Å². The number of hydrogen-bond donors (Lipinski definition) is 2. The average molecular weight is 194 g/mol. The smallest absolute Gasteiger partial charge is 0.409 e. The highest BCUT2D eigenvalue weighted by Gasteiger charge is 2.10. The largest absolute Gasteiger partial charge is 0.410 e. The number of primary amides is 1. The molecule has 0 atom stereocenters. The lowest BCUT2D eigenvalue weighted by molar-refractivity contribution is 0.101. The number of nitrogens with two attached hydrogens (primary N) is 2. The van der Waals surface area contributed by atoms with Crippen molar-refractivity contribution in [2.24, 2.45) is 5.73 Å². The van der Waals surface area contributed by atoms with E-state index in [0.717, 1.165) is 0 Å². The maximum atomic E-state index is 11.1. The quantitative estimate of drug-likeness (QED) is 0.540. The second-order valence-electron chi connectivity index (χ2n) is 2.73. The van der Waals surface area contributed by atoms with E-state index >= 15 is 0 Å². The minimum Gasteiger partial charge on any atom is -0.410 e. The van der Waals surface area contributed by atoms with Gasteiger partial charge in [0.15, 0.2) is 5.78 Å². The van der Waals surface area contributed by atoms with E-state index < -0.39 is 6.09 Å². The monoisotopic (exact) mass is 194 g/mol. The first-order valence-corrected chi connectivity index (χ1v) is 3.88. The maximum Gasteiger partial charge on any atom is 0.409 e. The molecule has 0 spiro atoms. The summed E-state index contributed by atoms with van der Waals surface area (Å²) in [6, 6.07) is 4.38. The fourth-order valence-electron chi connectivity index (χ4n) is 1.02. The third-order valence-corrected chi connectivity index (χ3v) is 1.59. The molecule has 4 N–H and O–H groups in total. The number of nitrogen functional groups attached to an aromatic ring is 1. The molecule has 1 rings (SSSR count). The molecule has 0 aromatic heterocycles. The molecule has 0 aliphatic carbocycles. The van der Waals surface area contributed by atoms with E-state index in [-0.39, 0.29) is 17.1 Å². The van der Waals surface area contributed by atoms with Gasteiger partial charge in [0.05, 0.1) is 5.56 Å². The van der Waals surface area contributed by atoms with E-state index in [1.807, 2.05) is 0 Å². The molecule has 1 amide bonds. The minimum atomic E-state index is -0.961. The van der Waals surface area contributed by atoms with Crippen LogP contribution in [0.5, 0.6) is 5.75 Å². The highest BCUT2D eigenvalue weighted by atomic mass is 16.5. The second-order valence-corrected chi connectivity index (χ2v) is 2.73. The lowest BCUT2D eigenvalue weighted by atomic mass is 10.1. The first-order chi connectivity index (χ1) is 6.50. The third kappa shape index (κ3) is 2.22. The summed E-state index contributed by atoms with van der Waals surface area (Å²) in [5, 5.41) is 0. The van der Waals surface area contributed by atoms with Gasteiger partial charge in [-0.2, -0.15) is 0 Å². The molecule has 0 fully saturated rings. The topological polar surface area (TPSA) is 95.4 Å². The van der Waals surface area contributed by atoms with Gasteiger partial charge >= 0.3 is 6.09 Å². The third-order valence-electron chi connectivity index (χ3n) is 1.59. The number of carbonyl (C=O) groups excluding carboxylic acids is 2. The molecule has 5 heteroatoms. The zero-order valence-corrected chi connectivity index (χ0v) is 7.61. The Labute approximate surface area is 80.6 Å². The fourth-order valence-corrected chi connectivity index (χ4v) is 1.02. The molecule has 74 valence electrons. The molecule has 0 aliphatic heterocycles. The van der Waals surface area contributed by atoms with E-state index in [2.05, 4.69) is 4.74 Å². The number of benzene rings is 1. The van der Waals surface area contributed by atoms with E-state index in [0.29, 0.717) is 5.69 Å². The van der Waals surface area contributed by atoms with Crippen molar-refractivity contribution >= 4 is 17.6 Å². The summed E-state index contributed by atoms with van der Waals surface area (Å²) < 4.78 is 4.62. The van der Waals surface area contributed by atoms with Crippen LogP contribution in [0.4, 0.5) is 10.5 Å². The molecule has 0 saturated heterocycles. The van der Waals surface area contributed by atoms with E-state index in [1.54, 1.807) is 0 Å². The first-order valence-electron chi connectivity index (χ1n) is 3.88. The number of carbonyl (C=O) groups is 2. The fraction of sp³-hybridized carbons (Fsp3) is 0.111. The highest BCUT2D eigenvalue weighted by molar-refractivity contribution is 5.98. The van der Waals surface area contributed by atoms with Crippen molar-refractivity contribution in [2.75, 3.05) is 5.73 Å². The zero-order valence-electron chi connectivity index (χ0n) is 7.61.